The van der Waals surface area contributed by atoms with Crippen molar-refractivity contribution < 1.29 is 4.79 Å². The molecule has 5 rings (SSSR count). The number of carbonyl (C=O) groups excluding carboxylic acids is 1. The molecule has 5 nitrogen and oxygen atoms in total. The van der Waals surface area contributed by atoms with Crippen LogP contribution in [0.15, 0.2) is 72.8 Å². The number of aromatic amines is 2. The van der Waals surface area contributed by atoms with E-state index in [1.165, 1.54) is 5.56 Å². The summed E-state index contributed by atoms with van der Waals surface area (Å²) in [6.45, 7) is 2.07. The number of aryl methyl sites for hydroxylation is 1. The van der Waals surface area contributed by atoms with Gasteiger partial charge in [0.1, 0.15) is 5.69 Å². The van der Waals surface area contributed by atoms with Crippen molar-refractivity contribution in [2.24, 2.45) is 0 Å². The minimum atomic E-state index is -0.133. The number of benzene rings is 3. The van der Waals surface area contributed by atoms with E-state index in [-0.39, 0.29) is 5.91 Å². The van der Waals surface area contributed by atoms with E-state index in [0.717, 1.165) is 38.9 Å². The van der Waals surface area contributed by atoms with Crippen molar-refractivity contribution in [1.29, 1.82) is 0 Å². The van der Waals surface area contributed by atoms with Crippen LogP contribution in [0.2, 0.25) is 0 Å². The molecule has 0 aliphatic rings. The highest BCUT2D eigenvalue weighted by molar-refractivity contribution is 6.06. The summed E-state index contributed by atoms with van der Waals surface area (Å²) in [5.74, 6) is -0.133. The summed E-state index contributed by atoms with van der Waals surface area (Å²) >= 11 is 0. The van der Waals surface area contributed by atoms with Gasteiger partial charge in [0, 0.05) is 27.5 Å². The van der Waals surface area contributed by atoms with Crippen molar-refractivity contribution in [2.75, 3.05) is 5.32 Å². The van der Waals surface area contributed by atoms with Gasteiger partial charge in [-0.05, 0) is 55.0 Å². The minimum absolute atomic E-state index is 0.133. The van der Waals surface area contributed by atoms with E-state index in [1.54, 1.807) is 12.1 Å². The molecule has 0 unspecified atom stereocenters. The third-order valence-corrected chi connectivity index (χ3v) is 4.89. The predicted molar refractivity (Wildman–Crippen MR) is 113 cm³/mol. The number of rotatable bonds is 3. The number of hydrogen-bond acceptors (Lipinski definition) is 2. The van der Waals surface area contributed by atoms with Gasteiger partial charge in [0.05, 0.1) is 11.2 Å². The molecular weight excluding hydrogens is 348 g/mol. The zero-order valence-corrected chi connectivity index (χ0v) is 15.3. The van der Waals surface area contributed by atoms with Crippen LogP contribution in [0.1, 0.15) is 15.9 Å². The molecule has 0 aliphatic carbocycles. The molecule has 2 heterocycles. The maximum Gasteiger partial charge on any atom is 0.255 e. The molecule has 0 saturated carbocycles. The van der Waals surface area contributed by atoms with Crippen LogP contribution >= 0.6 is 0 Å². The number of hydrogen-bond donors (Lipinski definition) is 3. The molecule has 5 aromatic rings. The Hall–Kier alpha value is -3.86. The summed E-state index contributed by atoms with van der Waals surface area (Å²) in [5, 5.41) is 12.6. The summed E-state index contributed by atoms with van der Waals surface area (Å²) < 4.78 is 0. The zero-order chi connectivity index (χ0) is 19.1. The minimum Gasteiger partial charge on any atom is -0.353 e. The molecule has 0 saturated heterocycles. The first-order valence-corrected chi connectivity index (χ1v) is 9.12. The van der Waals surface area contributed by atoms with Crippen LogP contribution in [-0.4, -0.2) is 21.1 Å². The van der Waals surface area contributed by atoms with E-state index in [4.69, 9.17) is 0 Å². The predicted octanol–water partition coefficient (Wildman–Crippen LogP) is 5.27. The Labute approximate surface area is 161 Å². The molecule has 0 spiro atoms. The van der Waals surface area contributed by atoms with E-state index in [0.29, 0.717) is 5.56 Å². The van der Waals surface area contributed by atoms with Crippen molar-refractivity contribution in [3.8, 4) is 11.4 Å². The fourth-order valence-corrected chi connectivity index (χ4v) is 3.46. The van der Waals surface area contributed by atoms with E-state index in [1.807, 2.05) is 36.4 Å². The monoisotopic (exact) mass is 366 g/mol. The summed E-state index contributed by atoms with van der Waals surface area (Å²) in [7, 11) is 0. The third kappa shape index (κ3) is 2.83. The Morgan fingerprint density at radius 3 is 2.64 bits per heavy atom. The second-order valence-electron chi connectivity index (χ2n) is 6.93. The lowest BCUT2D eigenvalue weighted by Crippen LogP contribution is -2.11. The number of nitrogens with zero attached hydrogens (tertiary/aromatic N) is 1. The van der Waals surface area contributed by atoms with Crippen molar-refractivity contribution >= 4 is 33.4 Å². The van der Waals surface area contributed by atoms with Crippen molar-refractivity contribution in [3.05, 3.63) is 83.9 Å². The molecule has 3 aromatic carbocycles. The van der Waals surface area contributed by atoms with E-state index in [9.17, 15) is 4.79 Å². The molecule has 0 atom stereocenters. The summed E-state index contributed by atoms with van der Waals surface area (Å²) in [4.78, 5) is 15.9. The van der Waals surface area contributed by atoms with Gasteiger partial charge in [-0.2, -0.15) is 5.10 Å². The van der Waals surface area contributed by atoms with Gasteiger partial charge in [-0.1, -0.05) is 30.3 Å². The average molecular weight is 366 g/mol. The van der Waals surface area contributed by atoms with Gasteiger partial charge < -0.3 is 10.3 Å². The first-order valence-electron chi connectivity index (χ1n) is 9.12. The normalized spacial score (nSPS) is 11.2. The van der Waals surface area contributed by atoms with Gasteiger partial charge in [-0.3, -0.25) is 9.89 Å². The Morgan fingerprint density at radius 2 is 1.79 bits per heavy atom. The number of anilines is 1. The molecule has 136 valence electrons. The first kappa shape index (κ1) is 16.3. The Kier molecular flexibility index (Phi) is 3.72. The highest BCUT2D eigenvalue weighted by Gasteiger charge is 2.13. The molecule has 1 amide bonds. The number of amides is 1. The lowest BCUT2D eigenvalue weighted by atomic mass is 10.1. The molecule has 5 heteroatoms. The van der Waals surface area contributed by atoms with E-state index in [2.05, 4.69) is 51.7 Å². The van der Waals surface area contributed by atoms with Crippen LogP contribution in [0.4, 0.5) is 5.69 Å². The maximum absolute atomic E-state index is 12.5. The van der Waals surface area contributed by atoms with Crippen LogP contribution < -0.4 is 5.32 Å². The maximum atomic E-state index is 12.5. The van der Waals surface area contributed by atoms with Gasteiger partial charge in [0.15, 0.2) is 0 Å². The molecule has 3 N–H and O–H groups in total. The fourth-order valence-electron chi connectivity index (χ4n) is 3.46. The SMILES string of the molecule is Cc1ccc2cc(-c3n[nH]c4ccc(NC(=O)c5ccccc5)cc34)[nH]c2c1. The summed E-state index contributed by atoms with van der Waals surface area (Å²) in [6.07, 6.45) is 0. The number of fused-ring (bicyclic) bond motifs is 2. The summed E-state index contributed by atoms with van der Waals surface area (Å²) in [6, 6.07) is 23.4. The topological polar surface area (TPSA) is 73.6 Å². The van der Waals surface area contributed by atoms with Crippen LogP contribution in [0.5, 0.6) is 0 Å². The second-order valence-corrected chi connectivity index (χ2v) is 6.93. The van der Waals surface area contributed by atoms with Crippen LogP contribution in [-0.2, 0) is 0 Å². The van der Waals surface area contributed by atoms with Gasteiger partial charge in [0.25, 0.3) is 5.91 Å². The van der Waals surface area contributed by atoms with Crippen LogP contribution in [0.3, 0.4) is 0 Å². The fraction of sp³-hybridized carbons (Fsp3) is 0.0435. The summed E-state index contributed by atoms with van der Waals surface area (Å²) in [5.41, 5.74) is 6.34. The second kappa shape index (κ2) is 6.39. The highest BCUT2D eigenvalue weighted by atomic mass is 16.1. The Morgan fingerprint density at radius 1 is 0.929 bits per heavy atom. The molecule has 0 radical (unpaired) electrons. The van der Waals surface area contributed by atoms with Crippen LogP contribution in [0.25, 0.3) is 33.2 Å². The first-order chi connectivity index (χ1) is 13.7. The quantitative estimate of drug-likeness (QED) is 0.407. The molecule has 0 bridgehead atoms. The number of nitrogens with one attached hydrogen (secondary N) is 3. The van der Waals surface area contributed by atoms with Gasteiger partial charge in [-0.15, -0.1) is 0 Å². The lowest BCUT2D eigenvalue weighted by molar-refractivity contribution is 0.102. The Bertz CT molecular complexity index is 1310. The third-order valence-electron chi connectivity index (χ3n) is 4.89. The van der Waals surface area contributed by atoms with Crippen molar-refractivity contribution in [2.45, 2.75) is 6.92 Å². The van der Waals surface area contributed by atoms with Crippen LogP contribution in [0, 0.1) is 6.92 Å². The molecule has 0 aliphatic heterocycles. The number of aromatic nitrogens is 3. The van der Waals surface area contributed by atoms with Crippen molar-refractivity contribution in [1.82, 2.24) is 15.2 Å². The molecule has 0 fully saturated rings. The Balaban J connectivity index is 1.53. The lowest BCUT2D eigenvalue weighted by Gasteiger charge is -2.05. The average Bonchev–Trinajstić information content (AvgIpc) is 3.31. The largest absolute Gasteiger partial charge is 0.353 e. The smallest absolute Gasteiger partial charge is 0.255 e. The molecular formula is C23H18N4O. The van der Waals surface area contributed by atoms with Gasteiger partial charge >= 0.3 is 0 Å². The zero-order valence-electron chi connectivity index (χ0n) is 15.3. The number of H-pyrrole nitrogens is 2. The number of carbonyl (C=O) groups is 1. The molecule has 28 heavy (non-hydrogen) atoms. The highest BCUT2D eigenvalue weighted by Crippen LogP contribution is 2.30. The molecule has 2 aromatic heterocycles. The van der Waals surface area contributed by atoms with Crippen molar-refractivity contribution in [3.63, 3.8) is 0 Å². The standard InChI is InChI=1S/C23H18N4O/c1-14-7-8-16-12-21(25-20(16)11-14)22-18-13-17(9-10-19(18)26-27-22)24-23(28)15-5-3-2-4-6-15/h2-13,25H,1H3,(H,24,28)(H,26,27). The van der Waals surface area contributed by atoms with E-state index < -0.39 is 0 Å². The van der Waals surface area contributed by atoms with E-state index >= 15 is 0 Å². The van der Waals surface area contributed by atoms with Gasteiger partial charge in [-0.25, -0.2) is 0 Å². The van der Waals surface area contributed by atoms with Gasteiger partial charge in [0.2, 0.25) is 0 Å².